The number of ether oxygens (including phenoxy) is 3. The molecule has 0 spiro atoms. The summed E-state index contributed by atoms with van der Waals surface area (Å²) in [7, 11) is 4.43. The van der Waals surface area contributed by atoms with Crippen molar-refractivity contribution < 1.29 is 23.4 Å². The number of carbonyl (C=O) groups excluding carboxylic acids is 1. The molecule has 0 unspecified atom stereocenters. The Labute approximate surface area is 174 Å². The van der Waals surface area contributed by atoms with Crippen molar-refractivity contribution in [2.24, 2.45) is 0 Å². The first-order valence-electron chi connectivity index (χ1n) is 8.75. The molecule has 0 saturated heterocycles. The van der Waals surface area contributed by atoms with E-state index in [1.807, 2.05) is 5.38 Å². The number of rotatable bonds is 6. The van der Waals surface area contributed by atoms with E-state index in [-0.39, 0.29) is 11.8 Å². The van der Waals surface area contributed by atoms with Crippen LogP contribution in [-0.4, -0.2) is 41.8 Å². The van der Waals surface area contributed by atoms with Crippen molar-refractivity contribution >= 4 is 28.2 Å². The second kappa shape index (κ2) is 7.99. The number of nitrogens with zero attached hydrogens (tertiary/aromatic N) is 3. The van der Waals surface area contributed by atoms with Crippen molar-refractivity contribution in [1.82, 2.24) is 14.6 Å². The van der Waals surface area contributed by atoms with Gasteiger partial charge in [-0.3, -0.25) is 10.1 Å². The van der Waals surface area contributed by atoms with Gasteiger partial charge in [-0.25, -0.2) is 8.91 Å². The lowest BCUT2D eigenvalue weighted by molar-refractivity contribution is 0.102. The largest absolute Gasteiger partial charge is 0.493 e. The standard InChI is InChI=1S/C20H17FN4O4S/c1-27-15-8-12(9-16(28-2)17(15)29-3)18(26)22-19-23-20-25(24-19)14(10-30-20)11-4-6-13(21)7-5-11/h4-10H,1-3H3,(H,22,24,26). The number of fused-ring (bicyclic) bond motifs is 1. The maximum Gasteiger partial charge on any atom is 0.258 e. The van der Waals surface area contributed by atoms with Crippen LogP contribution in [0.3, 0.4) is 0 Å². The van der Waals surface area contributed by atoms with Gasteiger partial charge in [-0.1, -0.05) is 0 Å². The number of thiazole rings is 1. The van der Waals surface area contributed by atoms with Crippen LogP contribution in [0.1, 0.15) is 10.4 Å². The highest BCUT2D eigenvalue weighted by Crippen LogP contribution is 2.38. The molecule has 0 radical (unpaired) electrons. The first-order chi connectivity index (χ1) is 14.5. The number of benzene rings is 2. The first-order valence-corrected chi connectivity index (χ1v) is 9.63. The number of amides is 1. The molecule has 2 aromatic heterocycles. The molecule has 2 heterocycles. The number of carbonyl (C=O) groups is 1. The van der Waals surface area contributed by atoms with Crippen LogP contribution in [0.15, 0.2) is 41.8 Å². The van der Waals surface area contributed by atoms with Gasteiger partial charge in [0.15, 0.2) is 11.5 Å². The van der Waals surface area contributed by atoms with Crippen LogP contribution in [0.25, 0.3) is 16.2 Å². The Morgan fingerprint density at radius 3 is 2.33 bits per heavy atom. The summed E-state index contributed by atoms with van der Waals surface area (Å²) < 4.78 is 30.6. The summed E-state index contributed by atoms with van der Waals surface area (Å²) >= 11 is 1.36. The van der Waals surface area contributed by atoms with E-state index in [4.69, 9.17) is 14.2 Å². The van der Waals surface area contributed by atoms with Gasteiger partial charge >= 0.3 is 0 Å². The van der Waals surface area contributed by atoms with E-state index < -0.39 is 5.91 Å². The van der Waals surface area contributed by atoms with Crippen LogP contribution in [0.5, 0.6) is 17.2 Å². The molecular weight excluding hydrogens is 411 g/mol. The van der Waals surface area contributed by atoms with Crippen molar-refractivity contribution in [1.29, 1.82) is 0 Å². The van der Waals surface area contributed by atoms with Crippen molar-refractivity contribution in [2.45, 2.75) is 0 Å². The molecule has 0 fully saturated rings. The molecule has 4 aromatic rings. The lowest BCUT2D eigenvalue weighted by atomic mass is 10.1. The van der Waals surface area contributed by atoms with Gasteiger partial charge in [0.2, 0.25) is 10.7 Å². The van der Waals surface area contributed by atoms with Crippen molar-refractivity contribution in [3.05, 3.63) is 53.2 Å². The summed E-state index contributed by atoms with van der Waals surface area (Å²) in [5.41, 5.74) is 1.83. The lowest BCUT2D eigenvalue weighted by Crippen LogP contribution is -2.14. The molecule has 0 atom stereocenters. The fourth-order valence-corrected chi connectivity index (χ4v) is 3.77. The van der Waals surface area contributed by atoms with Crippen LogP contribution in [0, 0.1) is 5.82 Å². The highest BCUT2D eigenvalue weighted by molar-refractivity contribution is 7.15. The molecule has 0 aliphatic heterocycles. The van der Waals surface area contributed by atoms with Crippen LogP contribution < -0.4 is 19.5 Å². The zero-order valence-electron chi connectivity index (χ0n) is 16.3. The number of aromatic nitrogens is 3. The Bertz CT molecular complexity index is 1190. The van der Waals surface area contributed by atoms with Gasteiger partial charge in [-0.2, -0.15) is 4.98 Å². The number of halogens is 1. The Morgan fingerprint density at radius 2 is 1.73 bits per heavy atom. The highest BCUT2D eigenvalue weighted by atomic mass is 32.1. The monoisotopic (exact) mass is 428 g/mol. The second-order valence-electron chi connectivity index (χ2n) is 6.13. The number of anilines is 1. The van der Waals surface area contributed by atoms with Crippen molar-refractivity contribution in [3.8, 4) is 28.5 Å². The summed E-state index contributed by atoms with van der Waals surface area (Å²) in [6.45, 7) is 0. The fraction of sp³-hybridized carbons (Fsp3) is 0.150. The summed E-state index contributed by atoms with van der Waals surface area (Å²) in [6, 6.07) is 9.16. The molecule has 154 valence electrons. The average molecular weight is 428 g/mol. The van der Waals surface area contributed by atoms with Gasteiger partial charge in [0.25, 0.3) is 11.9 Å². The van der Waals surface area contributed by atoms with E-state index in [9.17, 15) is 9.18 Å². The van der Waals surface area contributed by atoms with Gasteiger partial charge in [0.1, 0.15) is 5.82 Å². The van der Waals surface area contributed by atoms with E-state index in [0.717, 1.165) is 11.3 Å². The predicted molar refractivity (Wildman–Crippen MR) is 110 cm³/mol. The molecule has 8 nitrogen and oxygen atoms in total. The van der Waals surface area contributed by atoms with E-state index in [1.54, 1.807) is 28.8 Å². The molecule has 2 aromatic carbocycles. The molecule has 10 heteroatoms. The van der Waals surface area contributed by atoms with Crippen LogP contribution in [0.4, 0.5) is 10.3 Å². The third-order valence-electron chi connectivity index (χ3n) is 4.37. The van der Waals surface area contributed by atoms with E-state index in [0.29, 0.717) is 27.8 Å². The van der Waals surface area contributed by atoms with Gasteiger partial charge < -0.3 is 14.2 Å². The maximum atomic E-state index is 13.2. The minimum atomic E-state index is -0.434. The summed E-state index contributed by atoms with van der Waals surface area (Å²) in [6.07, 6.45) is 0. The number of hydrogen-bond donors (Lipinski definition) is 1. The molecule has 0 bridgehead atoms. The topological polar surface area (TPSA) is 87.0 Å². The number of methoxy groups -OCH3 is 3. The fourth-order valence-electron chi connectivity index (χ4n) is 2.94. The Morgan fingerprint density at radius 1 is 1.07 bits per heavy atom. The molecular formula is C20H17FN4O4S. The molecule has 1 N–H and O–H groups in total. The van der Waals surface area contributed by atoms with Gasteiger partial charge in [0, 0.05) is 16.5 Å². The SMILES string of the molecule is COc1cc(C(=O)Nc2nc3scc(-c4ccc(F)cc4)n3n2)cc(OC)c1OC. The summed E-state index contributed by atoms with van der Waals surface area (Å²) in [5.74, 6) is 0.502. The smallest absolute Gasteiger partial charge is 0.258 e. The average Bonchev–Trinajstić information content (AvgIpc) is 3.33. The molecule has 30 heavy (non-hydrogen) atoms. The highest BCUT2D eigenvalue weighted by Gasteiger charge is 2.19. The normalized spacial score (nSPS) is 10.8. The van der Waals surface area contributed by atoms with Crippen LogP contribution in [0.2, 0.25) is 0 Å². The molecule has 0 aliphatic carbocycles. The quantitative estimate of drug-likeness (QED) is 0.502. The maximum absolute atomic E-state index is 13.2. The Kier molecular flexibility index (Phi) is 5.23. The van der Waals surface area contributed by atoms with Gasteiger partial charge in [0.05, 0.1) is 27.0 Å². The molecule has 0 saturated carbocycles. The lowest BCUT2D eigenvalue weighted by Gasteiger charge is -2.13. The van der Waals surface area contributed by atoms with E-state index in [1.165, 1.54) is 44.8 Å². The zero-order chi connectivity index (χ0) is 21.3. The first kappa shape index (κ1) is 19.6. The minimum Gasteiger partial charge on any atom is -0.493 e. The van der Waals surface area contributed by atoms with E-state index >= 15 is 0 Å². The summed E-state index contributed by atoms with van der Waals surface area (Å²) in [4.78, 5) is 17.7. The van der Waals surface area contributed by atoms with Gasteiger partial charge in [-0.15, -0.1) is 16.4 Å². The van der Waals surface area contributed by atoms with E-state index in [2.05, 4.69) is 15.4 Å². The molecule has 1 amide bonds. The molecule has 0 aliphatic rings. The van der Waals surface area contributed by atoms with Crippen LogP contribution >= 0.6 is 11.3 Å². The predicted octanol–water partition coefficient (Wildman–Crippen LogP) is 3.88. The third kappa shape index (κ3) is 3.52. The minimum absolute atomic E-state index is 0.143. The number of hydrogen-bond acceptors (Lipinski definition) is 7. The van der Waals surface area contributed by atoms with Crippen molar-refractivity contribution in [2.75, 3.05) is 26.6 Å². The third-order valence-corrected chi connectivity index (χ3v) is 5.19. The summed E-state index contributed by atoms with van der Waals surface area (Å²) in [5, 5.41) is 8.90. The second-order valence-corrected chi connectivity index (χ2v) is 6.96. The number of nitrogens with one attached hydrogen (secondary N) is 1. The van der Waals surface area contributed by atoms with Crippen molar-refractivity contribution in [3.63, 3.8) is 0 Å². The Hall–Kier alpha value is -3.66. The van der Waals surface area contributed by atoms with Crippen LogP contribution in [-0.2, 0) is 0 Å². The van der Waals surface area contributed by atoms with Gasteiger partial charge in [-0.05, 0) is 36.4 Å². The zero-order valence-corrected chi connectivity index (χ0v) is 17.1. The Balaban J connectivity index is 1.63. The molecule has 4 rings (SSSR count).